The van der Waals surface area contributed by atoms with Gasteiger partial charge in [0.25, 0.3) is 5.91 Å². The molecule has 7 nitrogen and oxygen atoms in total. The number of nitrogens with zero attached hydrogens (tertiary/aromatic N) is 1. The van der Waals surface area contributed by atoms with Crippen LogP contribution in [-0.2, 0) is 9.53 Å². The molecule has 8 heteroatoms. The second-order valence-corrected chi connectivity index (χ2v) is 5.38. The predicted octanol–water partition coefficient (Wildman–Crippen LogP) is 3.02. The zero-order chi connectivity index (χ0) is 19.1. The first kappa shape index (κ1) is 19.1. The number of carbonyl (C=O) groups is 2. The fourth-order valence-corrected chi connectivity index (χ4v) is 2.36. The molecule has 0 aromatic heterocycles. The maximum absolute atomic E-state index is 12.2. The average molecular weight is 375 g/mol. The summed E-state index contributed by atoms with van der Waals surface area (Å²) in [6, 6.07) is 11.1. The molecule has 1 N–H and O–H groups in total. The Bertz CT molecular complexity index is 876. The molecule has 0 fully saturated rings. The molecule has 1 amide bonds. The van der Waals surface area contributed by atoms with Gasteiger partial charge in [0, 0.05) is 5.69 Å². The van der Waals surface area contributed by atoms with E-state index in [2.05, 4.69) is 5.32 Å². The Hall–Kier alpha value is -3.24. The number of carbonyl (C=O) groups excluding carboxylic acids is 2. The molecular formula is C18H15ClN2O5. The van der Waals surface area contributed by atoms with Gasteiger partial charge in [0.1, 0.15) is 11.6 Å². The average Bonchev–Trinajstić information content (AvgIpc) is 2.65. The number of para-hydroxylation sites is 1. The summed E-state index contributed by atoms with van der Waals surface area (Å²) in [6.07, 6.45) is 0. The van der Waals surface area contributed by atoms with Gasteiger partial charge in [-0.3, -0.25) is 4.79 Å². The van der Waals surface area contributed by atoms with Gasteiger partial charge in [-0.2, -0.15) is 5.26 Å². The minimum atomic E-state index is -0.728. The fraction of sp³-hybridized carbons (Fsp3) is 0.167. The van der Waals surface area contributed by atoms with E-state index in [1.165, 1.54) is 38.5 Å². The molecular weight excluding hydrogens is 360 g/mol. The first-order valence-corrected chi connectivity index (χ1v) is 7.75. The van der Waals surface area contributed by atoms with Crippen molar-refractivity contribution in [3.8, 4) is 17.6 Å². The van der Waals surface area contributed by atoms with Gasteiger partial charge in [0.2, 0.25) is 0 Å². The van der Waals surface area contributed by atoms with E-state index in [0.717, 1.165) is 0 Å². The number of nitriles is 1. The number of halogens is 1. The lowest BCUT2D eigenvalue weighted by molar-refractivity contribution is -0.119. The predicted molar refractivity (Wildman–Crippen MR) is 94.6 cm³/mol. The Kier molecular flexibility index (Phi) is 6.42. The second-order valence-electron chi connectivity index (χ2n) is 4.97. The van der Waals surface area contributed by atoms with Crippen LogP contribution < -0.4 is 14.8 Å². The van der Waals surface area contributed by atoms with Gasteiger partial charge in [-0.15, -0.1) is 0 Å². The van der Waals surface area contributed by atoms with Crippen LogP contribution in [0, 0.1) is 11.3 Å². The van der Waals surface area contributed by atoms with Crippen molar-refractivity contribution >= 4 is 29.2 Å². The molecule has 0 saturated heterocycles. The minimum Gasteiger partial charge on any atom is -0.493 e. The van der Waals surface area contributed by atoms with Crippen molar-refractivity contribution in [1.82, 2.24) is 0 Å². The summed E-state index contributed by atoms with van der Waals surface area (Å²) in [4.78, 5) is 24.1. The highest BCUT2D eigenvalue weighted by molar-refractivity contribution is 6.32. The molecule has 2 aromatic rings. The van der Waals surface area contributed by atoms with Crippen molar-refractivity contribution in [2.75, 3.05) is 26.1 Å². The number of nitrogens with one attached hydrogen (secondary N) is 1. The molecule has 0 aliphatic heterocycles. The van der Waals surface area contributed by atoms with E-state index in [1.807, 2.05) is 6.07 Å². The summed E-state index contributed by atoms with van der Waals surface area (Å²) in [7, 11) is 2.85. The maximum atomic E-state index is 12.2. The van der Waals surface area contributed by atoms with E-state index in [9.17, 15) is 9.59 Å². The zero-order valence-electron chi connectivity index (χ0n) is 14.0. The number of hydrogen-bond acceptors (Lipinski definition) is 6. The van der Waals surface area contributed by atoms with Crippen LogP contribution in [-0.4, -0.2) is 32.7 Å². The number of anilines is 1. The Balaban J connectivity index is 2.00. The van der Waals surface area contributed by atoms with E-state index in [1.54, 1.807) is 12.1 Å². The molecule has 26 heavy (non-hydrogen) atoms. The number of benzene rings is 2. The Morgan fingerprint density at radius 2 is 1.96 bits per heavy atom. The lowest BCUT2D eigenvalue weighted by Crippen LogP contribution is -2.21. The molecule has 0 heterocycles. The number of rotatable bonds is 6. The first-order valence-electron chi connectivity index (χ1n) is 7.37. The molecule has 134 valence electrons. The summed E-state index contributed by atoms with van der Waals surface area (Å²) < 4.78 is 15.3. The normalized spacial score (nSPS) is 9.77. The summed E-state index contributed by atoms with van der Waals surface area (Å²) in [5, 5.41) is 11.6. The zero-order valence-corrected chi connectivity index (χ0v) is 14.8. The fourth-order valence-electron chi connectivity index (χ4n) is 2.14. The van der Waals surface area contributed by atoms with Crippen LogP contribution in [0.5, 0.6) is 11.5 Å². The number of hydrogen-bond donors (Lipinski definition) is 1. The standard InChI is InChI=1S/C18H15ClN2O5/c1-24-15-5-3-4-13(17(15)25-2)18(23)26-10-16(22)21-12-7-6-11(9-20)14(19)8-12/h3-8H,10H2,1-2H3,(H,21,22). The molecule has 0 spiro atoms. The van der Waals surface area contributed by atoms with Crippen molar-refractivity contribution in [2.45, 2.75) is 0 Å². The number of methoxy groups -OCH3 is 2. The Labute approximate surface area is 155 Å². The van der Waals surface area contributed by atoms with Crippen molar-refractivity contribution in [2.24, 2.45) is 0 Å². The highest BCUT2D eigenvalue weighted by Gasteiger charge is 2.18. The van der Waals surface area contributed by atoms with Gasteiger partial charge in [0.15, 0.2) is 18.1 Å². The molecule has 2 rings (SSSR count). The number of esters is 1. The highest BCUT2D eigenvalue weighted by Crippen LogP contribution is 2.31. The Morgan fingerprint density at radius 3 is 2.58 bits per heavy atom. The maximum Gasteiger partial charge on any atom is 0.342 e. The van der Waals surface area contributed by atoms with Gasteiger partial charge in [-0.1, -0.05) is 17.7 Å². The molecule has 0 radical (unpaired) electrons. The van der Waals surface area contributed by atoms with Crippen molar-refractivity contribution in [1.29, 1.82) is 5.26 Å². The van der Waals surface area contributed by atoms with E-state index < -0.39 is 18.5 Å². The molecule has 0 saturated carbocycles. The summed E-state index contributed by atoms with van der Waals surface area (Å²) in [5.41, 5.74) is 0.816. The topological polar surface area (TPSA) is 97.6 Å². The third-order valence-electron chi connectivity index (χ3n) is 3.33. The molecule has 2 aromatic carbocycles. The monoisotopic (exact) mass is 374 g/mol. The smallest absolute Gasteiger partial charge is 0.342 e. The molecule has 0 atom stereocenters. The van der Waals surface area contributed by atoms with Crippen LogP contribution in [0.1, 0.15) is 15.9 Å². The summed E-state index contributed by atoms with van der Waals surface area (Å²) >= 11 is 5.90. The largest absolute Gasteiger partial charge is 0.493 e. The van der Waals surface area contributed by atoms with E-state index in [0.29, 0.717) is 17.0 Å². The minimum absolute atomic E-state index is 0.140. The Morgan fingerprint density at radius 1 is 1.19 bits per heavy atom. The number of amides is 1. The SMILES string of the molecule is COc1cccc(C(=O)OCC(=O)Nc2ccc(C#N)c(Cl)c2)c1OC. The third kappa shape index (κ3) is 4.43. The lowest BCUT2D eigenvalue weighted by atomic mass is 10.2. The number of ether oxygens (including phenoxy) is 3. The highest BCUT2D eigenvalue weighted by atomic mass is 35.5. The molecule has 0 aliphatic carbocycles. The van der Waals surface area contributed by atoms with Crippen molar-refractivity contribution in [3.05, 3.63) is 52.5 Å². The van der Waals surface area contributed by atoms with Gasteiger partial charge in [-0.25, -0.2) is 4.79 Å². The van der Waals surface area contributed by atoms with Gasteiger partial charge < -0.3 is 19.5 Å². The summed E-state index contributed by atoms with van der Waals surface area (Å²) in [6.45, 7) is -0.503. The molecule has 0 unspecified atom stereocenters. The van der Waals surface area contributed by atoms with E-state index in [4.69, 9.17) is 31.1 Å². The van der Waals surface area contributed by atoms with Gasteiger partial charge >= 0.3 is 5.97 Å². The van der Waals surface area contributed by atoms with Crippen LogP contribution in [0.3, 0.4) is 0 Å². The molecule has 0 aliphatic rings. The third-order valence-corrected chi connectivity index (χ3v) is 3.64. The van der Waals surface area contributed by atoms with Gasteiger partial charge in [0.05, 0.1) is 24.8 Å². The van der Waals surface area contributed by atoms with Crippen molar-refractivity contribution < 1.29 is 23.8 Å². The van der Waals surface area contributed by atoms with E-state index >= 15 is 0 Å². The summed E-state index contributed by atoms with van der Waals surface area (Å²) in [5.74, 6) is -0.687. The lowest BCUT2D eigenvalue weighted by Gasteiger charge is -2.12. The van der Waals surface area contributed by atoms with Crippen LogP contribution in [0.15, 0.2) is 36.4 Å². The second kappa shape index (κ2) is 8.74. The van der Waals surface area contributed by atoms with Crippen LogP contribution in [0.25, 0.3) is 0 Å². The van der Waals surface area contributed by atoms with Crippen LogP contribution in [0.4, 0.5) is 5.69 Å². The van der Waals surface area contributed by atoms with Crippen LogP contribution in [0.2, 0.25) is 5.02 Å². The quantitative estimate of drug-likeness (QED) is 0.780. The van der Waals surface area contributed by atoms with Crippen LogP contribution >= 0.6 is 11.6 Å². The van der Waals surface area contributed by atoms with Crippen molar-refractivity contribution in [3.63, 3.8) is 0 Å². The van der Waals surface area contributed by atoms with Gasteiger partial charge in [-0.05, 0) is 30.3 Å². The first-order chi connectivity index (χ1) is 12.5. The van der Waals surface area contributed by atoms with E-state index in [-0.39, 0.29) is 16.3 Å². The molecule has 0 bridgehead atoms.